The van der Waals surface area contributed by atoms with Crippen LogP contribution in [0, 0.1) is 5.92 Å². The number of carboxylic acid groups (broad SMARTS) is 1. The Hall–Kier alpha value is -2.64. The van der Waals surface area contributed by atoms with Gasteiger partial charge in [-0.15, -0.1) is 0 Å². The fourth-order valence-corrected chi connectivity index (χ4v) is 3.65. The average molecular weight is 326 g/mol. The van der Waals surface area contributed by atoms with Gasteiger partial charge >= 0.3 is 13.6 Å². The Labute approximate surface area is 139 Å². The van der Waals surface area contributed by atoms with Crippen molar-refractivity contribution in [2.24, 2.45) is 5.92 Å². The molecule has 4 rings (SSSR count). The molecule has 0 saturated carbocycles. The van der Waals surface area contributed by atoms with Gasteiger partial charge < -0.3 is 19.9 Å². The molecule has 123 valence electrons. The van der Waals surface area contributed by atoms with Crippen LogP contribution in [0.25, 0.3) is 17.1 Å². The number of carbonyl (C=O) groups is 1. The second kappa shape index (κ2) is 5.47. The van der Waals surface area contributed by atoms with Gasteiger partial charge in [-0.25, -0.2) is 9.78 Å². The van der Waals surface area contributed by atoms with Crippen LogP contribution in [0.2, 0.25) is 0 Å². The van der Waals surface area contributed by atoms with Crippen molar-refractivity contribution >= 4 is 30.7 Å². The number of pyridine rings is 1. The number of likely N-dealkylation sites (tertiary alicyclic amines) is 1. The largest absolute Gasteiger partial charge is 0.557 e. The van der Waals surface area contributed by atoms with E-state index >= 15 is 0 Å². The first-order valence-electron chi connectivity index (χ1n) is 7.94. The third-order valence-corrected chi connectivity index (χ3v) is 4.99. The van der Waals surface area contributed by atoms with Gasteiger partial charge in [-0.2, -0.15) is 4.73 Å². The van der Waals surface area contributed by atoms with Crippen LogP contribution in [-0.2, 0) is 0 Å². The molecule has 2 aliphatic heterocycles. The monoisotopic (exact) mass is 326 g/mol. The molecule has 4 heterocycles. The maximum Gasteiger partial charge on any atom is 0.407 e. The zero-order chi connectivity index (χ0) is 16.8. The number of rotatable bonds is 1. The smallest absolute Gasteiger partial charge is 0.407 e. The third kappa shape index (κ3) is 2.21. The van der Waals surface area contributed by atoms with Gasteiger partial charge in [0.25, 0.3) is 0 Å². The van der Waals surface area contributed by atoms with Crippen LogP contribution in [0.15, 0.2) is 18.4 Å². The highest BCUT2D eigenvalue weighted by molar-refractivity contribution is 6.38. The molecule has 1 radical (unpaired) electrons. The summed E-state index contributed by atoms with van der Waals surface area (Å²) >= 11 is 0. The summed E-state index contributed by atoms with van der Waals surface area (Å²) in [6.45, 7) is 3.07. The van der Waals surface area contributed by atoms with Crippen LogP contribution in [0.4, 0.5) is 4.79 Å². The van der Waals surface area contributed by atoms with Gasteiger partial charge in [0.2, 0.25) is 0 Å². The molecule has 0 bridgehead atoms. The van der Waals surface area contributed by atoms with Crippen molar-refractivity contribution in [2.45, 2.75) is 19.3 Å². The molecule has 0 spiro atoms. The van der Waals surface area contributed by atoms with Gasteiger partial charge in [-0.1, -0.05) is 19.0 Å². The van der Waals surface area contributed by atoms with Crippen molar-refractivity contribution < 1.29 is 19.8 Å². The highest BCUT2D eigenvalue weighted by Crippen LogP contribution is 2.40. The Morgan fingerprint density at radius 1 is 1.50 bits per heavy atom. The van der Waals surface area contributed by atoms with E-state index in [4.69, 9.17) is 4.65 Å². The zero-order valence-corrected chi connectivity index (χ0v) is 13.2. The predicted octanol–water partition coefficient (Wildman–Crippen LogP) is 2.36. The highest BCUT2D eigenvalue weighted by atomic mass is 16.5. The topological polar surface area (TPSA) is 87.8 Å². The fraction of sp³-hybridized carbons (Fsp3) is 0.375. The summed E-state index contributed by atoms with van der Waals surface area (Å²) in [7, 11) is 1.58. The first kappa shape index (κ1) is 14.9. The molecule has 0 aliphatic carbocycles. The standard InChI is InChI=1S/C16H17BN3O4/c1-9-3-5-19(16(21)22)7-11(9)12-8-20(23)15-14(12)10-2-4-17-24-13(10)6-18-15/h2,4,6,8-9,11,23H,3,5,7H2,1H3,(H,21,22)/t9-,11+/m1/s1. The minimum Gasteiger partial charge on any atom is -0.557 e. The molecule has 2 atom stereocenters. The molecule has 7 nitrogen and oxygen atoms in total. The maximum atomic E-state index is 11.4. The number of hydrogen-bond acceptors (Lipinski definition) is 4. The zero-order valence-electron chi connectivity index (χ0n) is 13.2. The van der Waals surface area contributed by atoms with E-state index in [-0.39, 0.29) is 5.92 Å². The molecule has 2 aromatic heterocycles. The van der Waals surface area contributed by atoms with E-state index in [0.29, 0.717) is 30.4 Å². The first-order valence-corrected chi connectivity index (χ1v) is 7.94. The van der Waals surface area contributed by atoms with Crippen molar-refractivity contribution in [3.63, 3.8) is 0 Å². The second-order valence-electron chi connectivity index (χ2n) is 6.38. The van der Waals surface area contributed by atoms with Gasteiger partial charge in [0, 0.05) is 30.0 Å². The number of amides is 1. The van der Waals surface area contributed by atoms with Crippen molar-refractivity contribution in [1.29, 1.82) is 0 Å². The van der Waals surface area contributed by atoms with E-state index in [1.165, 1.54) is 4.90 Å². The van der Waals surface area contributed by atoms with Crippen molar-refractivity contribution in [3.05, 3.63) is 29.5 Å². The van der Waals surface area contributed by atoms with E-state index in [0.717, 1.165) is 27.7 Å². The van der Waals surface area contributed by atoms with Crippen molar-refractivity contribution in [1.82, 2.24) is 14.6 Å². The molecule has 0 unspecified atom stereocenters. The summed E-state index contributed by atoms with van der Waals surface area (Å²) < 4.78 is 6.52. The molecule has 1 fully saturated rings. The molecular formula is C16H17BN3O4. The van der Waals surface area contributed by atoms with Crippen LogP contribution in [-0.4, -0.2) is 51.6 Å². The Bertz CT molecular complexity index is 847. The van der Waals surface area contributed by atoms with Gasteiger partial charge in [0.15, 0.2) is 5.65 Å². The van der Waals surface area contributed by atoms with Crippen molar-refractivity contribution in [2.75, 3.05) is 13.1 Å². The lowest BCUT2D eigenvalue weighted by Gasteiger charge is -2.35. The van der Waals surface area contributed by atoms with Gasteiger partial charge in [-0.3, -0.25) is 0 Å². The minimum atomic E-state index is -0.905. The second-order valence-corrected chi connectivity index (χ2v) is 6.38. The minimum absolute atomic E-state index is 0.00152. The first-order chi connectivity index (χ1) is 11.6. The summed E-state index contributed by atoms with van der Waals surface area (Å²) in [4.78, 5) is 17.1. The molecule has 24 heavy (non-hydrogen) atoms. The molecule has 1 saturated heterocycles. The molecule has 8 heteroatoms. The molecule has 0 aromatic carbocycles. The van der Waals surface area contributed by atoms with Gasteiger partial charge in [0.1, 0.15) is 5.75 Å². The lowest BCUT2D eigenvalue weighted by atomic mass is 9.81. The quantitative estimate of drug-likeness (QED) is 0.620. The summed E-state index contributed by atoms with van der Waals surface area (Å²) in [6.07, 6.45) is 5.04. The molecule has 2 aromatic rings. The van der Waals surface area contributed by atoms with E-state index in [9.17, 15) is 15.1 Å². The number of nitrogens with zero attached hydrogens (tertiary/aromatic N) is 3. The van der Waals surface area contributed by atoms with Gasteiger partial charge in [-0.05, 0) is 17.9 Å². The predicted molar refractivity (Wildman–Crippen MR) is 88.5 cm³/mol. The van der Waals surface area contributed by atoms with E-state index in [1.54, 1.807) is 25.9 Å². The summed E-state index contributed by atoms with van der Waals surface area (Å²) in [5.74, 6) is 2.74. The van der Waals surface area contributed by atoms with Crippen LogP contribution in [0.3, 0.4) is 0 Å². The molecular weight excluding hydrogens is 309 g/mol. The van der Waals surface area contributed by atoms with E-state index < -0.39 is 6.09 Å². The molecule has 2 N–H and O–H groups in total. The van der Waals surface area contributed by atoms with Gasteiger partial charge in [0.05, 0.1) is 12.4 Å². The lowest BCUT2D eigenvalue weighted by molar-refractivity contribution is 0.118. The lowest BCUT2D eigenvalue weighted by Crippen LogP contribution is -2.41. The normalized spacial score (nSPS) is 22.8. The Kier molecular flexibility index (Phi) is 3.40. The summed E-state index contributed by atoms with van der Waals surface area (Å²) in [6, 6.07) is 0. The van der Waals surface area contributed by atoms with E-state index in [2.05, 4.69) is 11.9 Å². The summed E-state index contributed by atoms with van der Waals surface area (Å²) in [5.41, 5.74) is 2.23. The van der Waals surface area contributed by atoms with Crippen LogP contribution < -0.4 is 4.65 Å². The number of hydrogen-bond donors (Lipinski definition) is 2. The van der Waals surface area contributed by atoms with E-state index in [1.807, 2.05) is 6.08 Å². The maximum absolute atomic E-state index is 11.4. The molecule has 2 aliphatic rings. The highest BCUT2D eigenvalue weighted by Gasteiger charge is 2.33. The number of fused-ring (bicyclic) bond motifs is 3. The van der Waals surface area contributed by atoms with Crippen LogP contribution in [0.5, 0.6) is 5.75 Å². The van der Waals surface area contributed by atoms with Crippen LogP contribution >= 0.6 is 0 Å². The Morgan fingerprint density at radius 2 is 2.33 bits per heavy atom. The SMILES string of the molecule is C[C@@H]1CCN(C(=O)O)C[C@@H]1c1cn(O)c2ncc3c(c12)C=C[B]O3. The van der Waals surface area contributed by atoms with Crippen LogP contribution in [0.1, 0.15) is 30.4 Å². The fourth-order valence-electron chi connectivity index (χ4n) is 3.65. The molecule has 1 amide bonds. The number of aromatic nitrogens is 2. The average Bonchev–Trinajstić information content (AvgIpc) is 2.92. The Balaban J connectivity index is 1.87. The number of piperidine rings is 1. The Morgan fingerprint density at radius 3 is 3.12 bits per heavy atom. The summed E-state index contributed by atoms with van der Waals surface area (Å²) in [5, 5.41) is 20.4. The third-order valence-electron chi connectivity index (χ3n) is 4.99. The van der Waals surface area contributed by atoms with Crippen molar-refractivity contribution in [3.8, 4) is 5.75 Å².